The van der Waals surface area contributed by atoms with E-state index in [1.807, 2.05) is 30.3 Å². The molecule has 0 bridgehead atoms. The number of halogens is 1. The highest BCUT2D eigenvalue weighted by molar-refractivity contribution is 8.93. The van der Waals surface area contributed by atoms with Gasteiger partial charge in [0.15, 0.2) is 5.17 Å². The van der Waals surface area contributed by atoms with Gasteiger partial charge in [0, 0.05) is 5.75 Å². The summed E-state index contributed by atoms with van der Waals surface area (Å²) in [6, 6.07) is 9.70. The summed E-state index contributed by atoms with van der Waals surface area (Å²) >= 11 is 1.35. The van der Waals surface area contributed by atoms with Crippen LogP contribution in [0.4, 0.5) is 0 Å². The van der Waals surface area contributed by atoms with Crippen LogP contribution < -0.4 is 10.5 Å². The summed E-state index contributed by atoms with van der Waals surface area (Å²) < 4.78 is 5.46. The molecule has 0 saturated heterocycles. The molecule has 0 aliphatic heterocycles. The highest BCUT2D eigenvalue weighted by atomic mass is 79.9. The smallest absolute Gasteiger partial charge is 0.151 e. The van der Waals surface area contributed by atoms with Crippen LogP contribution in [0.2, 0.25) is 0 Å². The first-order valence-electron chi connectivity index (χ1n) is 4.43. The Balaban J connectivity index is 0.00000196. The molecule has 0 aliphatic carbocycles. The van der Waals surface area contributed by atoms with E-state index in [0.717, 1.165) is 17.9 Å². The van der Waals surface area contributed by atoms with E-state index < -0.39 is 0 Å². The van der Waals surface area contributed by atoms with Gasteiger partial charge in [0.2, 0.25) is 0 Å². The highest BCUT2D eigenvalue weighted by Crippen LogP contribution is 2.09. The van der Waals surface area contributed by atoms with E-state index in [4.69, 9.17) is 15.9 Å². The van der Waals surface area contributed by atoms with Crippen molar-refractivity contribution < 1.29 is 4.74 Å². The molecule has 1 rings (SSSR count). The largest absolute Gasteiger partial charge is 0.494 e. The van der Waals surface area contributed by atoms with Crippen LogP contribution >= 0.6 is 28.7 Å². The van der Waals surface area contributed by atoms with Crippen molar-refractivity contribution in [1.29, 1.82) is 5.41 Å². The lowest BCUT2D eigenvalue weighted by Gasteiger charge is -2.04. The van der Waals surface area contributed by atoms with Crippen LogP contribution in [0.1, 0.15) is 6.42 Å². The SMILES string of the molecule is Br.N=C(N)SCCCOc1ccccc1. The van der Waals surface area contributed by atoms with E-state index in [2.05, 4.69) is 0 Å². The lowest BCUT2D eigenvalue weighted by molar-refractivity contribution is 0.319. The normalized spacial score (nSPS) is 9.07. The Kier molecular flexibility index (Phi) is 8.22. The molecule has 1 aromatic rings. The van der Waals surface area contributed by atoms with E-state index in [1.165, 1.54) is 11.8 Å². The number of hydrogen-bond acceptors (Lipinski definition) is 3. The third kappa shape index (κ3) is 7.27. The number of ether oxygens (including phenoxy) is 1. The number of thioether (sulfide) groups is 1. The third-order valence-corrected chi connectivity index (χ3v) is 2.36. The minimum Gasteiger partial charge on any atom is -0.494 e. The fourth-order valence-corrected chi connectivity index (χ4v) is 1.43. The Hall–Kier alpha value is -0.680. The van der Waals surface area contributed by atoms with Gasteiger partial charge >= 0.3 is 0 Å². The number of para-hydroxylation sites is 1. The van der Waals surface area contributed by atoms with Gasteiger partial charge in [-0.1, -0.05) is 30.0 Å². The van der Waals surface area contributed by atoms with E-state index >= 15 is 0 Å². The van der Waals surface area contributed by atoms with Gasteiger partial charge in [-0.3, -0.25) is 5.41 Å². The highest BCUT2D eigenvalue weighted by Gasteiger charge is 1.93. The molecule has 15 heavy (non-hydrogen) atoms. The second kappa shape index (κ2) is 8.61. The van der Waals surface area contributed by atoms with Gasteiger partial charge in [-0.15, -0.1) is 17.0 Å². The number of amidine groups is 1. The summed E-state index contributed by atoms with van der Waals surface area (Å²) in [6.45, 7) is 0.671. The molecule has 0 heterocycles. The van der Waals surface area contributed by atoms with Crippen LogP contribution in [-0.4, -0.2) is 17.5 Å². The third-order valence-electron chi connectivity index (χ3n) is 1.56. The van der Waals surface area contributed by atoms with Crippen LogP contribution in [-0.2, 0) is 0 Å². The Morgan fingerprint density at radius 3 is 2.60 bits per heavy atom. The summed E-state index contributed by atoms with van der Waals surface area (Å²) in [5, 5.41) is 7.16. The fourth-order valence-electron chi connectivity index (χ4n) is 0.948. The minimum absolute atomic E-state index is 0. The van der Waals surface area contributed by atoms with Crippen molar-refractivity contribution in [2.75, 3.05) is 12.4 Å². The average molecular weight is 291 g/mol. The molecule has 0 aliphatic rings. The van der Waals surface area contributed by atoms with E-state index in [-0.39, 0.29) is 22.1 Å². The molecule has 5 heteroatoms. The lowest BCUT2D eigenvalue weighted by atomic mass is 10.3. The molecule has 0 spiro atoms. The van der Waals surface area contributed by atoms with Gasteiger partial charge < -0.3 is 10.5 Å². The van der Waals surface area contributed by atoms with Gasteiger partial charge in [-0.2, -0.15) is 0 Å². The second-order valence-corrected chi connectivity index (χ2v) is 3.86. The molecule has 1 aromatic carbocycles. The van der Waals surface area contributed by atoms with Gasteiger partial charge in [0.1, 0.15) is 5.75 Å². The maximum Gasteiger partial charge on any atom is 0.151 e. The predicted molar refractivity (Wildman–Crippen MR) is 71.2 cm³/mol. The van der Waals surface area contributed by atoms with E-state index in [0.29, 0.717) is 6.61 Å². The molecular weight excluding hydrogens is 276 g/mol. The second-order valence-electron chi connectivity index (χ2n) is 2.73. The van der Waals surface area contributed by atoms with Crippen LogP contribution in [0.3, 0.4) is 0 Å². The molecular formula is C10H15BrN2OS. The maximum atomic E-state index is 6.99. The minimum atomic E-state index is 0. The van der Waals surface area contributed by atoms with Crippen LogP contribution in [0.15, 0.2) is 30.3 Å². The predicted octanol–water partition coefficient (Wildman–Crippen LogP) is 2.66. The first-order valence-corrected chi connectivity index (χ1v) is 5.42. The lowest BCUT2D eigenvalue weighted by Crippen LogP contribution is -2.06. The van der Waals surface area contributed by atoms with Crippen molar-refractivity contribution in [3.8, 4) is 5.75 Å². The molecule has 0 fully saturated rings. The number of rotatable bonds is 5. The molecule has 0 radical (unpaired) electrons. The number of nitrogens with two attached hydrogens (primary N) is 1. The summed E-state index contributed by atoms with van der Waals surface area (Å²) in [5.74, 6) is 1.72. The van der Waals surface area contributed by atoms with Crippen molar-refractivity contribution >= 4 is 33.9 Å². The zero-order valence-corrected chi connectivity index (χ0v) is 10.8. The summed E-state index contributed by atoms with van der Waals surface area (Å²) in [4.78, 5) is 0. The Morgan fingerprint density at radius 1 is 1.33 bits per heavy atom. The van der Waals surface area contributed by atoms with Crippen molar-refractivity contribution in [2.45, 2.75) is 6.42 Å². The first kappa shape index (κ1) is 14.3. The fraction of sp³-hybridized carbons (Fsp3) is 0.300. The van der Waals surface area contributed by atoms with Crippen LogP contribution in [0.5, 0.6) is 5.75 Å². The molecule has 0 atom stereocenters. The van der Waals surface area contributed by atoms with E-state index in [1.54, 1.807) is 0 Å². The van der Waals surface area contributed by atoms with Crippen molar-refractivity contribution in [3.63, 3.8) is 0 Å². The van der Waals surface area contributed by atoms with Crippen molar-refractivity contribution in [3.05, 3.63) is 30.3 Å². The molecule has 0 saturated carbocycles. The summed E-state index contributed by atoms with van der Waals surface area (Å²) in [6.07, 6.45) is 0.902. The van der Waals surface area contributed by atoms with Crippen molar-refractivity contribution in [2.24, 2.45) is 5.73 Å². The topological polar surface area (TPSA) is 59.1 Å². The van der Waals surface area contributed by atoms with E-state index in [9.17, 15) is 0 Å². The maximum absolute atomic E-state index is 6.99. The molecule has 0 amide bonds. The Morgan fingerprint density at radius 2 is 2.00 bits per heavy atom. The molecule has 0 unspecified atom stereocenters. The number of hydrogen-bond donors (Lipinski definition) is 2. The van der Waals surface area contributed by atoms with Gasteiger partial charge in [0.05, 0.1) is 6.61 Å². The van der Waals surface area contributed by atoms with Crippen LogP contribution in [0.25, 0.3) is 0 Å². The number of nitrogens with one attached hydrogen (secondary N) is 1. The summed E-state index contributed by atoms with van der Waals surface area (Å²) in [7, 11) is 0. The first-order chi connectivity index (χ1) is 6.79. The molecule has 3 N–H and O–H groups in total. The Labute approximate surface area is 105 Å². The van der Waals surface area contributed by atoms with Gasteiger partial charge in [0.25, 0.3) is 0 Å². The number of benzene rings is 1. The standard InChI is InChI=1S/C10H14N2OS.BrH/c11-10(12)14-8-4-7-13-9-5-2-1-3-6-9;/h1-3,5-6H,4,7-8H2,(H3,11,12);1H. The summed E-state index contributed by atoms with van der Waals surface area (Å²) in [5.41, 5.74) is 5.19. The Bertz CT molecular complexity index is 282. The quantitative estimate of drug-likeness (QED) is 0.498. The zero-order valence-electron chi connectivity index (χ0n) is 8.31. The molecule has 0 aromatic heterocycles. The van der Waals surface area contributed by atoms with Crippen molar-refractivity contribution in [1.82, 2.24) is 0 Å². The van der Waals surface area contributed by atoms with Gasteiger partial charge in [-0.05, 0) is 18.6 Å². The molecule has 84 valence electrons. The van der Waals surface area contributed by atoms with Crippen LogP contribution in [0, 0.1) is 5.41 Å². The monoisotopic (exact) mass is 290 g/mol. The molecule has 3 nitrogen and oxygen atoms in total. The zero-order chi connectivity index (χ0) is 10.2. The van der Waals surface area contributed by atoms with Gasteiger partial charge in [-0.25, -0.2) is 0 Å². The average Bonchev–Trinajstić information content (AvgIpc) is 2.18.